The number of nitrogens with two attached hydrogens (primary N) is 1. The second kappa shape index (κ2) is 6.17. The summed E-state index contributed by atoms with van der Waals surface area (Å²) < 4.78 is 0. The van der Waals surface area contributed by atoms with E-state index in [9.17, 15) is 0 Å². The fourth-order valence-electron chi connectivity index (χ4n) is 2.31. The standard InChI is InChI=1S/C12H20N4.ClH/c1-3-16(4-2)12-14-10-7-5-6-9(10)11(8-13)15-12;/h3-8,13H2,1-2H3;1H. The molecule has 0 fully saturated rings. The fourth-order valence-corrected chi connectivity index (χ4v) is 2.31. The summed E-state index contributed by atoms with van der Waals surface area (Å²) in [5.41, 5.74) is 9.34. The van der Waals surface area contributed by atoms with Crippen molar-refractivity contribution in [1.82, 2.24) is 9.97 Å². The van der Waals surface area contributed by atoms with Crippen LogP contribution in [0.5, 0.6) is 0 Å². The van der Waals surface area contributed by atoms with Gasteiger partial charge in [0.05, 0.1) is 5.69 Å². The topological polar surface area (TPSA) is 55.0 Å². The lowest BCUT2D eigenvalue weighted by molar-refractivity contribution is 0.795. The molecule has 0 amide bonds. The Kier molecular flexibility index (Phi) is 5.15. The molecule has 96 valence electrons. The predicted octanol–water partition coefficient (Wildman–Crippen LogP) is 1.69. The lowest BCUT2D eigenvalue weighted by Gasteiger charge is -2.20. The van der Waals surface area contributed by atoms with Crippen LogP contribution in [0.4, 0.5) is 5.95 Å². The van der Waals surface area contributed by atoms with Crippen molar-refractivity contribution in [2.75, 3.05) is 18.0 Å². The van der Waals surface area contributed by atoms with E-state index in [4.69, 9.17) is 5.73 Å². The van der Waals surface area contributed by atoms with Gasteiger partial charge in [-0.1, -0.05) is 0 Å². The Balaban J connectivity index is 0.00000144. The highest BCUT2D eigenvalue weighted by molar-refractivity contribution is 5.85. The Bertz CT molecular complexity index is 377. The molecule has 0 spiro atoms. The molecule has 0 aliphatic heterocycles. The van der Waals surface area contributed by atoms with Crippen LogP contribution in [0.1, 0.15) is 37.2 Å². The largest absolute Gasteiger partial charge is 0.341 e. The average Bonchev–Trinajstić information content (AvgIpc) is 2.77. The maximum Gasteiger partial charge on any atom is 0.225 e. The minimum Gasteiger partial charge on any atom is -0.341 e. The van der Waals surface area contributed by atoms with Crippen LogP contribution in [-0.4, -0.2) is 23.1 Å². The third-order valence-corrected chi connectivity index (χ3v) is 3.25. The summed E-state index contributed by atoms with van der Waals surface area (Å²) in [6.07, 6.45) is 3.37. The predicted molar refractivity (Wildman–Crippen MR) is 72.8 cm³/mol. The van der Waals surface area contributed by atoms with E-state index in [1.807, 2.05) is 0 Å². The monoisotopic (exact) mass is 256 g/mol. The van der Waals surface area contributed by atoms with Crippen LogP contribution in [0.25, 0.3) is 0 Å². The van der Waals surface area contributed by atoms with Gasteiger partial charge in [-0.2, -0.15) is 0 Å². The van der Waals surface area contributed by atoms with E-state index >= 15 is 0 Å². The first kappa shape index (κ1) is 14.2. The number of halogens is 1. The molecule has 2 rings (SSSR count). The Hall–Kier alpha value is -0.870. The van der Waals surface area contributed by atoms with Crippen LogP contribution in [-0.2, 0) is 19.4 Å². The number of fused-ring (bicyclic) bond motifs is 1. The first-order valence-electron chi connectivity index (χ1n) is 6.13. The Labute approximate surface area is 109 Å². The summed E-state index contributed by atoms with van der Waals surface area (Å²) in [6, 6.07) is 0. The molecule has 4 nitrogen and oxygen atoms in total. The zero-order chi connectivity index (χ0) is 11.5. The first-order valence-corrected chi connectivity index (χ1v) is 6.13. The highest BCUT2D eigenvalue weighted by Gasteiger charge is 2.19. The van der Waals surface area contributed by atoms with Crippen molar-refractivity contribution in [2.24, 2.45) is 5.73 Å². The zero-order valence-electron chi connectivity index (χ0n) is 10.6. The van der Waals surface area contributed by atoms with E-state index in [0.29, 0.717) is 6.54 Å². The smallest absolute Gasteiger partial charge is 0.225 e. The molecule has 0 bridgehead atoms. The first-order chi connectivity index (χ1) is 7.80. The number of hydrogen-bond donors (Lipinski definition) is 1. The van der Waals surface area contributed by atoms with Gasteiger partial charge in [-0.05, 0) is 38.7 Å². The van der Waals surface area contributed by atoms with Crippen molar-refractivity contribution < 1.29 is 0 Å². The van der Waals surface area contributed by atoms with E-state index in [-0.39, 0.29) is 12.4 Å². The van der Waals surface area contributed by atoms with Crippen molar-refractivity contribution in [3.05, 3.63) is 17.0 Å². The summed E-state index contributed by atoms with van der Waals surface area (Å²) in [5.74, 6) is 0.853. The number of aromatic nitrogens is 2. The van der Waals surface area contributed by atoms with Gasteiger partial charge in [-0.25, -0.2) is 9.97 Å². The van der Waals surface area contributed by atoms with Crippen LogP contribution in [0, 0.1) is 0 Å². The highest BCUT2D eigenvalue weighted by Crippen LogP contribution is 2.24. The van der Waals surface area contributed by atoms with Crippen LogP contribution in [0.15, 0.2) is 0 Å². The molecule has 1 aromatic rings. The molecular weight excluding hydrogens is 236 g/mol. The van der Waals surface area contributed by atoms with Crippen LogP contribution in [0.2, 0.25) is 0 Å². The molecule has 1 aliphatic carbocycles. The molecule has 0 radical (unpaired) electrons. The van der Waals surface area contributed by atoms with Crippen LogP contribution < -0.4 is 10.6 Å². The normalized spacial score (nSPS) is 13.1. The van der Waals surface area contributed by atoms with Crippen molar-refractivity contribution in [3.8, 4) is 0 Å². The van der Waals surface area contributed by atoms with E-state index in [1.165, 1.54) is 17.7 Å². The van der Waals surface area contributed by atoms with Gasteiger partial charge in [-0.15, -0.1) is 12.4 Å². The number of anilines is 1. The summed E-state index contributed by atoms with van der Waals surface area (Å²) in [7, 11) is 0. The molecule has 5 heteroatoms. The van der Waals surface area contributed by atoms with E-state index in [1.54, 1.807) is 0 Å². The highest BCUT2D eigenvalue weighted by atomic mass is 35.5. The molecule has 1 aliphatic rings. The number of hydrogen-bond acceptors (Lipinski definition) is 4. The molecule has 17 heavy (non-hydrogen) atoms. The zero-order valence-corrected chi connectivity index (χ0v) is 11.4. The van der Waals surface area contributed by atoms with Crippen molar-refractivity contribution in [1.29, 1.82) is 0 Å². The summed E-state index contributed by atoms with van der Waals surface area (Å²) >= 11 is 0. The van der Waals surface area contributed by atoms with Gasteiger partial charge in [-0.3, -0.25) is 0 Å². The lowest BCUT2D eigenvalue weighted by atomic mass is 10.2. The van der Waals surface area contributed by atoms with Gasteiger partial charge in [0.2, 0.25) is 5.95 Å². The van der Waals surface area contributed by atoms with Crippen LogP contribution in [0.3, 0.4) is 0 Å². The summed E-state index contributed by atoms with van der Waals surface area (Å²) in [6.45, 7) is 6.67. The van der Waals surface area contributed by atoms with Gasteiger partial charge >= 0.3 is 0 Å². The van der Waals surface area contributed by atoms with Gasteiger partial charge in [0, 0.05) is 25.3 Å². The summed E-state index contributed by atoms with van der Waals surface area (Å²) in [5, 5.41) is 0. The van der Waals surface area contributed by atoms with E-state index in [2.05, 4.69) is 28.7 Å². The number of rotatable bonds is 4. The molecule has 0 unspecified atom stereocenters. The molecule has 0 aromatic carbocycles. The Morgan fingerprint density at radius 2 is 1.88 bits per heavy atom. The minimum atomic E-state index is 0. The Morgan fingerprint density at radius 1 is 1.18 bits per heavy atom. The summed E-state index contributed by atoms with van der Waals surface area (Å²) in [4.78, 5) is 11.4. The van der Waals surface area contributed by atoms with Gasteiger partial charge in [0.15, 0.2) is 0 Å². The van der Waals surface area contributed by atoms with Crippen LogP contribution >= 0.6 is 12.4 Å². The van der Waals surface area contributed by atoms with Crippen molar-refractivity contribution in [3.63, 3.8) is 0 Å². The SMILES string of the molecule is CCN(CC)c1nc(CN)c2c(n1)CCC2.Cl. The number of aryl methyl sites for hydroxylation is 1. The van der Waals surface area contributed by atoms with Gasteiger partial charge < -0.3 is 10.6 Å². The second-order valence-electron chi connectivity index (χ2n) is 4.13. The van der Waals surface area contributed by atoms with Crippen molar-refractivity contribution >= 4 is 18.4 Å². The lowest BCUT2D eigenvalue weighted by Crippen LogP contribution is -2.25. The maximum atomic E-state index is 5.77. The molecule has 0 atom stereocenters. The third kappa shape index (κ3) is 2.69. The molecule has 1 heterocycles. The van der Waals surface area contributed by atoms with Gasteiger partial charge in [0.25, 0.3) is 0 Å². The number of nitrogens with zero attached hydrogens (tertiary/aromatic N) is 3. The molecule has 1 aromatic heterocycles. The fraction of sp³-hybridized carbons (Fsp3) is 0.667. The van der Waals surface area contributed by atoms with E-state index < -0.39 is 0 Å². The molecule has 0 saturated carbocycles. The van der Waals surface area contributed by atoms with E-state index in [0.717, 1.165) is 37.6 Å². The Morgan fingerprint density at radius 3 is 2.47 bits per heavy atom. The molecule has 0 saturated heterocycles. The second-order valence-corrected chi connectivity index (χ2v) is 4.13. The minimum absolute atomic E-state index is 0. The quantitative estimate of drug-likeness (QED) is 0.891. The van der Waals surface area contributed by atoms with Crippen molar-refractivity contribution in [2.45, 2.75) is 39.7 Å². The molecule has 2 N–H and O–H groups in total. The molecular formula is C12H21ClN4. The van der Waals surface area contributed by atoms with Gasteiger partial charge in [0.1, 0.15) is 0 Å². The maximum absolute atomic E-state index is 5.77. The third-order valence-electron chi connectivity index (χ3n) is 3.25. The average molecular weight is 257 g/mol.